The average Bonchev–Trinajstić information content (AvgIpc) is 3.34. The molecule has 2 aromatic carbocycles. The fourth-order valence-electron chi connectivity index (χ4n) is 3.43. The van der Waals surface area contributed by atoms with Crippen molar-refractivity contribution < 1.29 is 14.3 Å². The molecule has 1 fully saturated rings. The second kappa shape index (κ2) is 8.44. The summed E-state index contributed by atoms with van der Waals surface area (Å²) in [6.07, 6.45) is 2.20. The number of ether oxygens (including phenoxy) is 2. The molecule has 1 unspecified atom stereocenters. The Morgan fingerprint density at radius 2 is 2.07 bits per heavy atom. The van der Waals surface area contributed by atoms with Crippen LogP contribution >= 0.6 is 0 Å². The molecule has 0 radical (unpaired) electrons. The summed E-state index contributed by atoms with van der Waals surface area (Å²) in [5.41, 5.74) is 2.97. The van der Waals surface area contributed by atoms with Crippen molar-refractivity contribution in [2.24, 2.45) is 0 Å². The molecule has 1 aromatic heterocycles. The summed E-state index contributed by atoms with van der Waals surface area (Å²) in [5.74, 6) is 1.47. The number of hydrogen-bond acceptors (Lipinski definition) is 4. The molecule has 3 aromatic rings. The number of amides is 1. The van der Waals surface area contributed by atoms with Crippen LogP contribution in [-0.2, 0) is 22.7 Å². The molecule has 6 nitrogen and oxygen atoms in total. The van der Waals surface area contributed by atoms with Gasteiger partial charge in [0, 0.05) is 13.2 Å². The Morgan fingerprint density at radius 3 is 2.86 bits per heavy atom. The number of fused-ring (bicyclic) bond motifs is 1. The maximum atomic E-state index is 12.5. The molecule has 1 amide bonds. The first-order valence-electron chi connectivity index (χ1n) is 9.71. The summed E-state index contributed by atoms with van der Waals surface area (Å²) in [5, 5.41) is 2.98. The van der Waals surface area contributed by atoms with Crippen LogP contribution in [0.5, 0.6) is 5.75 Å². The highest BCUT2D eigenvalue weighted by Crippen LogP contribution is 2.19. The molecular formula is C22H25N3O3. The second-order valence-corrected chi connectivity index (χ2v) is 7.14. The van der Waals surface area contributed by atoms with Crippen molar-refractivity contribution >= 4 is 16.9 Å². The van der Waals surface area contributed by atoms with E-state index in [9.17, 15) is 4.79 Å². The first kappa shape index (κ1) is 18.5. The van der Waals surface area contributed by atoms with Crippen LogP contribution < -0.4 is 10.1 Å². The lowest BCUT2D eigenvalue weighted by Crippen LogP contribution is -2.34. The Balaban J connectivity index is 1.47. The Bertz CT molecular complexity index is 943. The first-order valence-corrected chi connectivity index (χ1v) is 9.71. The molecule has 0 spiro atoms. The summed E-state index contributed by atoms with van der Waals surface area (Å²) in [6.45, 7) is 3.89. The van der Waals surface area contributed by atoms with Crippen molar-refractivity contribution in [3.8, 4) is 5.75 Å². The minimum Gasteiger partial charge on any atom is -0.486 e. The fraction of sp³-hybridized carbons (Fsp3) is 0.364. The van der Waals surface area contributed by atoms with Gasteiger partial charge in [-0.05, 0) is 44.0 Å². The predicted octanol–water partition coefficient (Wildman–Crippen LogP) is 3.22. The molecule has 1 atom stereocenters. The molecule has 0 bridgehead atoms. The molecule has 4 rings (SSSR count). The fourth-order valence-corrected chi connectivity index (χ4v) is 3.43. The number of hydrogen-bond donors (Lipinski definition) is 1. The Labute approximate surface area is 164 Å². The molecule has 1 N–H and O–H groups in total. The molecular weight excluding hydrogens is 354 g/mol. The number of nitrogens with zero attached hydrogens (tertiary/aromatic N) is 2. The molecule has 0 aliphatic carbocycles. The SMILES string of the molecule is Cc1ccc(OCc2nc3ccccc3n2CC(=O)NCC2CCCO2)cc1. The summed E-state index contributed by atoms with van der Waals surface area (Å²) >= 11 is 0. The van der Waals surface area contributed by atoms with E-state index >= 15 is 0 Å². The van der Waals surface area contributed by atoms with Gasteiger partial charge in [-0.3, -0.25) is 4.79 Å². The number of carbonyl (C=O) groups excluding carboxylic acids is 1. The Kier molecular flexibility index (Phi) is 5.58. The molecule has 1 aliphatic rings. The smallest absolute Gasteiger partial charge is 0.240 e. The quantitative estimate of drug-likeness (QED) is 0.685. The zero-order valence-electron chi connectivity index (χ0n) is 16.1. The Morgan fingerprint density at radius 1 is 1.25 bits per heavy atom. The lowest BCUT2D eigenvalue weighted by Gasteiger charge is -2.13. The van der Waals surface area contributed by atoms with Crippen molar-refractivity contribution in [3.63, 3.8) is 0 Å². The van der Waals surface area contributed by atoms with Gasteiger partial charge in [-0.1, -0.05) is 29.8 Å². The van der Waals surface area contributed by atoms with Crippen LogP contribution in [0, 0.1) is 6.92 Å². The highest BCUT2D eigenvalue weighted by Gasteiger charge is 2.18. The van der Waals surface area contributed by atoms with Crippen molar-refractivity contribution in [1.82, 2.24) is 14.9 Å². The van der Waals surface area contributed by atoms with Gasteiger partial charge in [0.25, 0.3) is 0 Å². The van der Waals surface area contributed by atoms with Crippen LogP contribution in [0.15, 0.2) is 48.5 Å². The number of rotatable bonds is 7. The predicted molar refractivity (Wildman–Crippen MR) is 107 cm³/mol. The molecule has 2 heterocycles. The van der Waals surface area contributed by atoms with E-state index in [-0.39, 0.29) is 18.6 Å². The van der Waals surface area contributed by atoms with Gasteiger partial charge >= 0.3 is 0 Å². The number of aryl methyl sites for hydroxylation is 1. The summed E-state index contributed by atoms with van der Waals surface area (Å²) in [7, 11) is 0. The lowest BCUT2D eigenvalue weighted by atomic mass is 10.2. The van der Waals surface area contributed by atoms with E-state index in [1.165, 1.54) is 5.56 Å². The topological polar surface area (TPSA) is 65.4 Å². The third kappa shape index (κ3) is 4.34. The molecule has 28 heavy (non-hydrogen) atoms. The zero-order chi connectivity index (χ0) is 19.3. The van der Waals surface area contributed by atoms with Crippen LogP contribution in [-0.4, -0.2) is 34.7 Å². The van der Waals surface area contributed by atoms with E-state index in [4.69, 9.17) is 9.47 Å². The summed E-state index contributed by atoms with van der Waals surface area (Å²) < 4.78 is 13.4. The van der Waals surface area contributed by atoms with Gasteiger partial charge in [-0.2, -0.15) is 0 Å². The van der Waals surface area contributed by atoms with E-state index < -0.39 is 0 Å². The van der Waals surface area contributed by atoms with Crippen molar-refractivity contribution in [2.45, 2.75) is 39.0 Å². The van der Waals surface area contributed by atoms with Crippen LogP contribution in [0.25, 0.3) is 11.0 Å². The normalized spacial score (nSPS) is 16.4. The van der Waals surface area contributed by atoms with Gasteiger partial charge in [0.1, 0.15) is 24.7 Å². The number of imidazole rings is 1. The third-order valence-corrected chi connectivity index (χ3v) is 4.98. The van der Waals surface area contributed by atoms with Crippen LogP contribution in [0.3, 0.4) is 0 Å². The molecule has 6 heteroatoms. The van der Waals surface area contributed by atoms with E-state index in [2.05, 4.69) is 10.3 Å². The lowest BCUT2D eigenvalue weighted by molar-refractivity contribution is -0.122. The van der Waals surface area contributed by atoms with Gasteiger partial charge in [-0.15, -0.1) is 0 Å². The van der Waals surface area contributed by atoms with Crippen molar-refractivity contribution in [3.05, 3.63) is 59.9 Å². The van der Waals surface area contributed by atoms with E-state index in [1.807, 2.05) is 60.0 Å². The Hall–Kier alpha value is -2.86. The van der Waals surface area contributed by atoms with Gasteiger partial charge in [0.2, 0.25) is 5.91 Å². The molecule has 1 aliphatic heterocycles. The maximum Gasteiger partial charge on any atom is 0.240 e. The van der Waals surface area contributed by atoms with Crippen molar-refractivity contribution in [1.29, 1.82) is 0 Å². The van der Waals surface area contributed by atoms with Crippen molar-refractivity contribution in [2.75, 3.05) is 13.2 Å². The number of aromatic nitrogens is 2. The number of carbonyl (C=O) groups is 1. The zero-order valence-corrected chi connectivity index (χ0v) is 16.1. The van der Waals surface area contributed by atoms with E-state index in [0.29, 0.717) is 13.2 Å². The van der Waals surface area contributed by atoms with Gasteiger partial charge in [0.15, 0.2) is 0 Å². The van der Waals surface area contributed by atoms with E-state index in [0.717, 1.165) is 42.1 Å². The average molecular weight is 379 g/mol. The monoisotopic (exact) mass is 379 g/mol. The molecule has 0 saturated carbocycles. The van der Waals surface area contributed by atoms with Gasteiger partial charge < -0.3 is 19.4 Å². The minimum absolute atomic E-state index is 0.0461. The highest BCUT2D eigenvalue weighted by atomic mass is 16.5. The number of para-hydroxylation sites is 2. The molecule has 1 saturated heterocycles. The summed E-state index contributed by atoms with van der Waals surface area (Å²) in [6, 6.07) is 15.7. The first-order chi connectivity index (χ1) is 13.7. The van der Waals surface area contributed by atoms with E-state index in [1.54, 1.807) is 0 Å². The number of benzene rings is 2. The second-order valence-electron chi connectivity index (χ2n) is 7.14. The third-order valence-electron chi connectivity index (χ3n) is 4.98. The molecule has 146 valence electrons. The maximum absolute atomic E-state index is 12.5. The minimum atomic E-state index is -0.0461. The van der Waals surface area contributed by atoms with Gasteiger partial charge in [-0.25, -0.2) is 4.98 Å². The van der Waals surface area contributed by atoms with Crippen LogP contribution in [0.4, 0.5) is 0 Å². The van der Waals surface area contributed by atoms with Crippen LogP contribution in [0.1, 0.15) is 24.2 Å². The van der Waals surface area contributed by atoms with Crippen LogP contribution in [0.2, 0.25) is 0 Å². The highest BCUT2D eigenvalue weighted by molar-refractivity contribution is 5.81. The summed E-state index contributed by atoms with van der Waals surface area (Å²) in [4.78, 5) is 17.2. The largest absolute Gasteiger partial charge is 0.486 e. The number of nitrogens with one attached hydrogen (secondary N) is 1. The standard InChI is InChI=1S/C22H25N3O3/c1-16-8-10-17(11-9-16)28-15-21-24-19-6-2-3-7-20(19)25(21)14-22(26)23-13-18-5-4-12-27-18/h2-3,6-11,18H,4-5,12-15H2,1H3,(H,23,26). The van der Waals surface area contributed by atoms with Gasteiger partial charge in [0.05, 0.1) is 17.1 Å².